The van der Waals surface area contributed by atoms with Crippen LogP contribution in [0, 0.1) is 0 Å². The summed E-state index contributed by atoms with van der Waals surface area (Å²) >= 11 is 0. The van der Waals surface area contributed by atoms with Crippen LogP contribution in [-0.2, 0) is 5.41 Å². The molecule has 0 fully saturated rings. The number of hydrogen-bond donors (Lipinski definition) is 2. The Morgan fingerprint density at radius 2 is 2.23 bits per heavy atom. The van der Waals surface area contributed by atoms with Gasteiger partial charge in [0.15, 0.2) is 0 Å². The normalized spacial score (nSPS) is 11.6. The van der Waals surface area contributed by atoms with Crippen LogP contribution in [0.1, 0.15) is 30.4 Å². The maximum Gasteiger partial charge on any atom is 0.377 e. The highest BCUT2D eigenvalue weighted by Crippen LogP contribution is 2.19. The largest absolute Gasteiger partial charge is 0.475 e. The minimum absolute atomic E-state index is 0.118. The number of nitrogens with zero attached hydrogens (tertiary/aromatic N) is 2. The molecule has 1 rings (SSSR count). The first-order valence-corrected chi connectivity index (χ1v) is 3.66. The van der Waals surface area contributed by atoms with E-state index in [1.54, 1.807) is 13.8 Å². The average molecular weight is 186 g/mol. The first kappa shape index (κ1) is 9.66. The number of aliphatic hydroxyl groups is 1. The van der Waals surface area contributed by atoms with Gasteiger partial charge in [0.25, 0.3) is 5.82 Å². The average Bonchev–Trinajstić information content (AvgIpc) is 2.52. The van der Waals surface area contributed by atoms with Gasteiger partial charge in [-0.25, -0.2) is 4.79 Å². The summed E-state index contributed by atoms with van der Waals surface area (Å²) < 4.78 is 4.68. The molecule has 1 heterocycles. The molecule has 2 N–H and O–H groups in total. The van der Waals surface area contributed by atoms with Crippen LogP contribution in [-0.4, -0.2) is 32.9 Å². The molecule has 6 heteroatoms. The third-order valence-corrected chi connectivity index (χ3v) is 1.59. The second-order valence-electron chi connectivity index (χ2n) is 3.27. The predicted molar refractivity (Wildman–Crippen MR) is 41.4 cm³/mol. The molecule has 6 nitrogen and oxygen atoms in total. The molecule has 0 aliphatic carbocycles. The highest BCUT2D eigenvalue weighted by Gasteiger charge is 2.28. The molecule has 72 valence electrons. The van der Waals surface area contributed by atoms with Crippen molar-refractivity contribution in [3.63, 3.8) is 0 Å². The number of hydrogen-bond acceptors (Lipinski definition) is 5. The lowest BCUT2D eigenvalue weighted by Crippen LogP contribution is -2.22. The summed E-state index contributed by atoms with van der Waals surface area (Å²) in [4.78, 5) is 14.0. The second-order valence-corrected chi connectivity index (χ2v) is 3.27. The summed E-state index contributed by atoms with van der Waals surface area (Å²) in [6, 6.07) is 0. The van der Waals surface area contributed by atoms with Crippen LogP contribution < -0.4 is 0 Å². The zero-order valence-electron chi connectivity index (χ0n) is 7.31. The maximum absolute atomic E-state index is 10.4. The van der Waals surface area contributed by atoms with E-state index in [2.05, 4.69) is 14.7 Å². The summed E-state index contributed by atoms with van der Waals surface area (Å²) in [5.74, 6) is -1.52. The van der Waals surface area contributed by atoms with Crippen LogP contribution in [0.4, 0.5) is 0 Å². The zero-order chi connectivity index (χ0) is 10.1. The molecule has 0 aliphatic rings. The van der Waals surface area contributed by atoms with Crippen LogP contribution in [0.5, 0.6) is 0 Å². The summed E-state index contributed by atoms with van der Waals surface area (Å²) in [5, 5.41) is 20.6. The van der Waals surface area contributed by atoms with Gasteiger partial charge in [-0.15, -0.1) is 0 Å². The number of aliphatic hydroxyl groups excluding tert-OH is 1. The molecule has 1 aromatic rings. The van der Waals surface area contributed by atoms with Gasteiger partial charge in [-0.05, 0) is 19.0 Å². The minimum atomic E-state index is -1.25. The number of carboxylic acids is 1. The van der Waals surface area contributed by atoms with Crippen LogP contribution >= 0.6 is 0 Å². The number of aromatic nitrogens is 2. The fraction of sp³-hybridized carbons (Fsp3) is 0.571. The molecule has 0 atom stereocenters. The standard InChI is InChI=1S/C7H10N2O4/c1-7(2,3-10)6-8-4(5(11)12)9-13-6/h10H,3H2,1-2H3,(H,11,12). The molecule has 13 heavy (non-hydrogen) atoms. The van der Waals surface area contributed by atoms with Gasteiger partial charge < -0.3 is 14.7 Å². The van der Waals surface area contributed by atoms with E-state index in [-0.39, 0.29) is 12.5 Å². The molecule has 0 aromatic carbocycles. The molecule has 0 spiro atoms. The van der Waals surface area contributed by atoms with E-state index < -0.39 is 17.2 Å². The fourth-order valence-electron chi connectivity index (χ4n) is 0.653. The van der Waals surface area contributed by atoms with Crippen molar-refractivity contribution in [2.45, 2.75) is 19.3 Å². The van der Waals surface area contributed by atoms with E-state index >= 15 is 0 Å². The highest BCUT2D eigenvalue weighted by atomic mass is 16.5. The van der Waals surface area contributed by atoms with E-state index in [9.17, 15) is 4.79 Å². The topological polar surface area (TPSA) is 96.5 Å². The van der Waals surface area contributed by atoms with E-state index in [0.29, 0.717) is 0 Å². The zero-order valence-corrected chi connectivity index (χ0v) is 7.31. The van der Waals surface area contributed by atoms with Gasteiger partial charge in [0.2, 0.25) is 5.89 Å². The number of rotatable bonds is 3. The Balaban J connectivity index is 2.98. The van der Waals surface area contributed by atoms with Crippen molar-refractivity contribution >= 4 is 5.97 Å². The fourth-order valence-corrected chi connectivity index (χ4v) is 0.653. The Kier molecular flexibility index (Phi) is 2.33. The monoisotopic (exact) mass is 186 g/mol. The van der Waals surface area contributed by atoms with Crippen LogP contribution in [0.15, 0.2) is 4.52 Å². The van der Waals surface area contributed by atoms with Gasteiger partial charge in [-0.1, -0.05) is 0 Å². The van der Waals surface area contributed by atoms with Gasteiger partial charge in [0, 0.05) is 0 Å². The first-order chi connectivity index (χ1) is 5.97. The van der Waals surface area contributed by atoms with Gasteiger partial charge in [-0.3, -0.25) is 0 Å². The van der Waals surface area contributed by atoms with Crippen LogP contribution in [0.2, 0.25) is 0 Å². The first-order valence-electron chi connectivity index (χ1n) is 3.66. The van der Waals surface area contributed by atoms with E-state index in [1.165, 1.54) is 0 Å². The minimum Gasteiger partial charge on any atom is -0.475 e. The second kappa shape index (κ2) is 3.14. The van der Waals surface area contributed by atoms with Crippen molar-refractivity contribution in [3.8, 4) is 0 Å². The number of aromatic carboxylic acids is 1. The quantitative estimate of drug-likeness (QED) is 0.691. The van der Waals surface area contributed by atoms with Crippen molar-refractivity contribution < 1.29 is 19.5 Å². The molecule has 0 saturated carbocycles. The number of carbonyl (C=O) groups is 1. The molecule has 0 unspecified atom stereocenters. The molecule has 0 amide bonds. The maximum atomic E-state index is 10.4. The summed E-state index contributed by atoms with van der Waals surface area (Å²) in [7, 11) is 0. The summed E-state index contributed by atoms with van der Waals surface area (Å²) in [6.07, 6.45) is 0. The van der Waals surface area contributed by atoms with Crippen molar-refractivity contribution in [1.29, 1.82) is 0 Å². The van der Waals surface area contributed by atoms with Gasteiger partial charge in [-0.2, -0.15) is 4.98 Å². The van der Waals surface area contributed by atoms with E-state index in [4.69, 9.17) is 10.2 Å². The molecule has 0 aliphatic heterocycles. The van der Waals surface area contributed by atoms with E-state index in [1.807, 2.05) is 0 Å². The molecule has 0 bridgehead atoms. The summed E-state index contributed by atoms with van der Waals surface area (Å²) in [5.41, 5.74) is -0.708. The Hall–Kier alpha value is -1.43. The third kappa shape index (κ3) is 1.83. The molecular weight excluding hydrogens is 176 g/mol. The van der Waals surface area contributed by atoms with Crippen molar-refractivity contribution in [2.24, 2.45) is 0 Å². The van der Waals surface area contributed by atoms with Crippen molar-refractivity contribution in [1.82, 2.24) is 10.1 Å². The lowest BCUT2D eigenvalue weighted by atomic mass is 9.95. The molecule has 1 aromatic heterocycles. The Morgan fingerprint density at radius 3 is 2.62 bits per heavy atom. The lowest BCUT2D eigenvalue weighted by Gasteiger charge is -2.14. The Labute approximate surface area is 74.2 Å². The van der Waals surface area contributed by atoms with E-state index in [0.717, 1.165) is 0 Å². The summed E-state index contributed by atoms with van der Waals surface area (Å²) in [6.45, 7) is 3.16. The highest BCUT2D eigenvalue weighted by molar-refractivity contribution is 5.82. The number of carboxylic acid groups (broad SMARTS) is 1. The van der Waals surface area contributed by atoms with Crippen LogP contribution in [0.3, 0.4) is 0 Å². The third-order valence-electron chi connectivity index (χ3n) is 1.59. The van der Waals surface area contributed by atoms with Crippen LogP contribution in [0.25, 0.3) is 0 Å². The molecular formula is C7H10N2O4. The smallest absolute Gasteiger partial charge is 0.377 e. The van der Waals surface area contributed by atoms with Gasteiger partial charge >= 0.3 is 5.97 Å². The Morgan fingerprint density at radius 1 is 1.62 bits per heavy atom. The lowest BCUT2D eigenvalue weighted by molar-refractivity contribution is 0.0680. The van der Waals surface area contributed by atoms with Gasteiger partial charge in [0.1, 0.15) is 0 Å². The molecule has 0 saturated heterocycles. The molecule has 0 radical (unpaired) electrons. The van der Waals surface area contributed by atoms with Crippen molar-refractivity contribution in [3.05, 3.63) is 11.7 Å². The van der Waals surface area contributed by atoms with Gasteiger partial charge in [0.05, 0.1) is 12.0 Å². The Bertz CT molecular complexity index is 318. The SMILES string of the molecule is CC(C)(CO)c1nc(C(=O)O)no1. The predicted octanol–water partition coefficient (Wildman–Crippen LogP) is 0.0377. The van der Waals surface area contributed by atoms with Crippen molar-refractivity contribution in [2.75, 3.05) is 6.61 Å².